The molecular weight excluding hydrogens is 528 g/mol. The van der Waals surface area contributed by atoms with E-state index in [0.29, 0.717) is 28.1 Å². The Labute approximate surface area is 226 Å². The van der Waals surface area contributed by atoms with Gasteiger partial charge in [0.15, 0.2) is 0 Å². The predicted octanol–water partition coefficient (Wildman–Crippen LogP) is 5.77. The second kappa shape index (κ2) is 9.52. The number of thiazole rings is 1. The largest absolute Gasteiger partial charge is 0.489 e. The number of nitrogens with zero attached hydrogens (tertiary/aromatic N) is 1. The number of hydrogen-bond acceptors (Lipinski definition) is 6. The van der Waals surface area contributed by atoms with E-state index in [4.69, 9.17) is 16.3 Å². The maximum Gasteiger partial charge on any atom is 0.305 e. The van der Waals surface area contributed by atoms with Crippen LogP contribution in [0.3, 0.4) is 0 Å². The van der Waals surface area contributed by atoms with Gasteiger partial charge in [0.1, 0.15) is 17.6 Å². The van der Waals surface area contributed by atoms with Crippen molar-refractivity contribution >= 4 is 52.2 Å². The first-order valence-corrected chi connectivity index (χ1v) is 13.8. The molecule has 9 heteroatoms. The third kappa shape index (κ3) is 4.29. The third-order valence-corrected chi connectivity index (χ3v) is 9.46. The molecule has 0 radical (unpaired) electrons. The molecule has 1 aromatic heterocycles. The molecule has 1 fully saturated rings. The summed E-state index contributed by atoms with van der Waals surface area (Å²) >= 11 is 8.38. The molecule has 3 heterocycles. The number of anilines is 1. The summed E-state index contributed by atoms with van der Waals surface area (Å²) in [6, 6.07) is 22.3. The Kier molecular flexibility index (Phi) is 6.18. The minimum absolute atomic E-state index is 0.199. The van der Waals surface area contributed by atoms with Crippen molar-refractivity contribution in [3.05, 3.63) is 109 Å². The van der Waals surface area contributed by atoms with Gasteiger partial charge in [0, 0.05) is 15.8 Å². The second-order valence-electron chi connectivity index (χ2n) is 9.02. The van der Waals surface area contributed by atoms with Crippen LogP contribution in [0.25, 0.3) is 0 Å². The second-order valence-corrected chi connectivity index (χ2v) is 11.6. The van der Waals surface area contributed by atoms with Crippen molar-refractivity contribution in [2.45, 2.75) is 29.7 Å². The highest BCUT2D eigenvalue weighted by Crippen LogP contribution is 2.53. The third-order valence-electron chi connectivity index (χ3n) is 6.80. The number of ether oxygens (including phenoxy) is 1. The van der Waals surface area contributed by atoms with E-state index in [0.717, 1.165) is 32.9 Å². The molecule has 6 nitrogen and oxygen atoms in total. The summed E-state index contributed by atoms with van der Waals surface area (Å²) in [5.74, 6) is -0.924. The van der Waals surface area contributed by atoms with Crippen LogP contribution >= 0.6 is 34.7 Å². The van der Waals surface area contributed by atoms with Crippen molar-refractivity contribution in [2.24, 2.45) is 5.92 Å². The van der Waals surface area contributed by atoms with Crippen LogP contribution in [0, 0.1) is 12.8 Å². The fourth-order valence-electron chi connectivity index (χ4n) is 4.93. The summed E-state index contributed by atoms with van der Waals surface area (Å²) in [5.41, 5.74) is 3.62. The fraction of sp³-hybridized carbons (Fsp3) is 0.179. The topological polar surface area (TPSA) is 79.5 Å². The maximum absolute atomic E-state index is 13.7. The number of aromatic nitrogens is 1. The van der Waals surface area contributed by atoms with Crippen LogP contribution in [0.5, 0.6) is 5.75 Å². The number of amides is 2. The van der Waals surface area contributed by atoms with E-state index in [1.165, 1.54) is 16.7 Å². The Hall–Kier alpha value is -3.33. The van der Waals surface area contributed by atoms with Gasteiger partial charge in [-0.15, -0.1) is 0 Å². The standard InChI is InChI=1S/C28H21ClN2O4S2/c1-15-4-2-3-5-17(15)14-35-20-12-6-16(7-13-20)21-22-24(36-25-23(21)37-28(34)30-25)27(33)31(26(22)32)19-10-8-18(29)9-11-19/h2-13,21-22,24H,14H2,1H3,(H,30,34). The summed E-state index contributed by atoms with van der Waals surface area (Å²) in [5, 5.41) is 0.542. The first-order chi connectivity index (χ1) is 17.9. The maximum atomic E-state index is 13.7. The molecule has 6 rings (SSSR count). The quantitative estimate of drug-likeness (QED) is 0.320. The van der Waals surface area contributed by atoms with Gasteiger partial charge in [0.05, 0.1) is 16.6 Å². The minimum Gasteiger partial charge on any atom is -0.489 e. The number of benzene rings is 3. The van der Waals surface area contributed by atoms with E-state index in [1.54, 1.807) is 24.3 Å². The van der Waals surface area contributed by atoms with Crippen molar-refractivity contribution in [1.29, 1.82) is 0 Å². The zero-order chi connectivity index (χ0) is 25.7. The van der Waals surface area contributed by atoms with Crippen molar-refractivity contribution < 1.29 is 14.3 Å². The number of halogens is 1. The van der Waals surface area contributed by atoms with Gasteiger partial charge in [-0.05, 0) is 60.0 Å². The van der Waals surface area contributed by atoms with Crippen LogP contribution in [-0.2, 0) is 16.2 Å². The Balaban J connectivity index is 1.33. The van der Waals surface area contributed by atoms with Crippen molar-refractivity contribution in [2.75, 3.05) is 4.90 Å². The van der Waals surface area contributed by atoms with Crippen LogP contribution in [-0.4, -0.2) is 22.0 Å². The molecule has 0 aliphatic carbocycles. The number of H-pyrrole nitrogens is 1. The van der Waals surface area contributed by atoms with Gasteiger partial charge in [0.2, 0.25) is 11.8 Å². The Morgan fingerprint density at radius 3 is 2.41 bits per heavy atom. The molecule has 0 spiro atoms. The molecule has 2 aliphatic heterocycles. The molecule has 3 unspecified atom stereocenters. The number of fused-ring (bicyclic) bond motifs is 2. The molecule has 37 heavy (non-hydrogen) atoms. The number of carbonyl (C=O) groups excluding carboxylic acids is 2. The Bertz CT molecular complexity index is 1560. The molecular formula is C28H21ClN2O4S2. The Morgan fingerprint density at radius 2 is 1.68 bits per heavy atom. The van der Waals surface area contributed by atoms with Crippen LogP contribution in [0.15, 0.2) is 82.6 Å². The van der Waals surface area contributed by atoms with Gasteiger partial charge in [0.25, 0.3) is 0 Å². The SMILES string of the molecule is Cc1ccccc1COc1ccc(C2c3sc(=O)[nH]c3SC3C(=O)N(c4ccc(Cl)cc4)C(=O)C32)cc1. The van der Waals surface area contributed by atoms with Crippen LogP contribution in [0.4, 0.5) is 5.69 Å². The molecule has 1 N–H and O–H groups in total. The smallest absolute Gasteiger partial charge is 0.305 e. The van der Waals surface area contributed by atoms with Crippen molar-refractivity contribution in [3.63, 3.8) is 0 Å². The van der Waals surface area contributed by atoms with Crippen LogP contribution < -0.4 is 14.5 Å². The fourth-order valence-corrected chi connectivity index (χ4v) is 7.57. The minimum atomic E-state index is -0.636. The summed E-state index contributed by atoms with van der Waals surface area (Å²) in [4.78, 5) is 44.2. The monoisotopic (exact) mass is 548 g/mol. The lowest BCUT2D eigenvalue weighted by Gasteiger charge is -2.29. The molecule has 1 saturated heterocycles. The highest BCUT2D eigenvalue weighted by Gasteiger charge is 2.56. The summed E-state index contributed by atoms with van der Waals surface area (Å²) in [7, 11) is 0. The molecule has 2 amide bonds. The van der Waals surface area contributed by atoms with Gasteiger partial charge in [-0.1, -0.05) is 71.1 Å². The molecule has 2 aliphatic rings. The number of aryl methyl sites for hydroxylation is 1. The molecule has 0 saturated carbocycles. The molecule has 4 aromatic rings. The van der Waals surface area contributed by atoms with E-state index in [9.17, 15) is 14.4 Å². The van der Waals surface area contributed by atoms with E-state index in [-0.39, 0.29) is 16.7 Å². The first-order valence-electron chi connectivity index (χ1n) is 11.7. The number of hydrogen-bond donors (Lipinski definition) is 1. The average Bonchev–Trinajstić information content (AvgIpc) is 3.39. The summed E-state index contributed by atoms with van der Waals surface area (Å²) in [6.07, 6.45) is 0. The lowest BCUT2D eigenvalue weighted by molar-refractivity contribution is -0.122. The molecule has 0 bridgehead atoms. The zero-order valence-corrected chi connectivity index (χ0v) is 22.0. The van der Waals surface area contributed by atoms with E-state index >= 15 is 0 Å². The lowest BCUT2D eigenvalue weighted by Crippen LogP contribution is -2.32. The number of imide groups is 1. The zero-order valence-electron chi connectivity index (χ0n) is 19.6. The number of rotatable bonds is 5. The van der Waals surface area contributed by atoms with E-state index in [2.05, 4.69) is 4.98 Å². The number of thioether (sulfide) groups is 1. The van der Waals surface area contributed by atoms with Gasteiger partial charge < -0.3 is 9.72 Å². The van der Waals surface area contributed by atoms with Crippen molar-refractivity contribution in [3.8, 4) is 5.75 Å². The van der Waals surface area contributed by atoms with E-state index < -0.39 is 17.1 Å². The van der Waals surface area contributed by atoms with Crippen LogP contribution in [0.1, 0.15) is 27.5 Å². The number of nitrogens with one attached hydrogen (secondary N) is 1. The summed E-state index contributed by atoms with van der Waals surface area (Å²) in [6.45, 7) is 2.50. The van der Waals surface area contributed by atoms with Crippen LogP contribution in [0.2, 0.25) is 5.02 Å². The van der Waals surface area contributed by atoms with Crippen molar-refractivity contribution in [1.82, 2.24) is 4.98 Å². The number of carbonyl (C=O) groups is 2. The van der Waals surface area contributed by atoms with Gasteiger partial charge in [-0.25, -0.2) is 4.90 Å². The highest BCUT2D eigenvalue weighted by atomic mass is 35.5. The first kappa shape index (κ1) is 24.0. The molecule has 186 valence electrons. The Morgan fingerprint density at radius 1 is 0.946 bits per heavy atom. The molecule has 3 atom stereocenters. The number of aromatic amines is 1. The lowest BCUT2D eigenvalue weighted by atomic mass is 9.83. The summed E-state index contributed by atoms with van der Waals surface area (Å²) < 4.78 is 6.00. The van der Waals surface area contributed by atoms with E-state index in [1.807, 2.05) is 55.5 Å². The van der Waals surface area contributed by atoms with Gasteiger partial charge >= 0.3 is 4.87 Å². The van der Waals surface area contributed by atoms with Gasteiger partial charge in [-0.3, -0.25) is 14.4 Å². The predicted molar refractivity (Wildman–Crippen MR) is 146 cm³/mol. The normalized spacial score (nSPS) is 20.6. The molecule has 3 aromatic carbocycles. The average molecular weight is 549 g/mol. The van der Waals surface area contributed by atoms with Gasteiger partial charge in [-0.2, -0.15) is 0 Å². The highest BCUT2D eigenvalue weighted by molar-refractivity contribution is 8.00.